The molecule has 0 heterocycles. The van der Waals surface area contributed by atoms with Crippen molar-refractivity contribution in [3.8, 4) is 0 Å². The lowest BCUT2D eigenvalue weighted by atomic mass is 10.00. The molecular weight excluding hydrogens is 469 g/mol. The van der Waals surface area contributed by atoms with Crippen molar-refractivity contribution in [2.24, 2.45) is 10.2 Å². The van der Waals surface area contributed by atoms with E-state index in [1.54, 1.807) is 0 Å². The fourth-order valence-corrected chi connectivity index (χ4v) is 3.85. The van der Waals surface area contributed by atoms with Gasteiger partial charge in [0.05, 0.1) is 0 Å². The van der Waals surface area contributed by atoms with Gasteiger partial charge in [0, 0.05) is 42.2 Å². The highest BCUT2D eigenvalue weighted by Crippen LogP contribution is 2.13. The second-order valence-electron chi connectivity index (χ2n) is 7.01. The third kappa shape index (κ3) is 7.80. The molecule has 0 radical (unpaired) electrons. The molecule has 176 valence electrons. The molecule has 0 bridgehead atoms. The molecule has 0 spiro atoms. The Balaban J connectivity index is 2.55. The Morgan fingerprint density at radius 1 is 0.697 bits per heavy atom. The predicted molar refractivity (Wildman–Crippen MR) is 151 cm³/mol. The minimum atomic E-state index is 0.558. The van der Waals surface area contributed by atoms with Gasteiger partial charge in [0.2, 0.25) is 0 Å². The van der Waals surface area contributed by atoms with E-state index in [0.717, 1.165) is 42.2 Å². The summed E-state index contributed by atoms with van der Waals surface area (Å²) in [5.41, 5.74) is 9.17. The van der Waals surface area contributed by atoms with E-state index in [9.17, 15) is 0 Å². The second kappa shape index (κ2) is 13.9. The molecule has 0 aliphatic carbocycles. The molecule has 0 aliphatic heterocycles. The summed E-state index contributed by atoms with van der Waals surface area (Å²) in [5, 5.41) is 10.5. The molecule has 0 aromatic heterocycles. The standard InChI is InChI=1S/C24H32N6S3/c1-5-29(6-2)23(32)27-25-21(18-12-10-9-11-13-18)22(19-14-16-20(31)17-15-19)26-28-24(33)30(7-3)8-4/h9-17,31H,5-8H2,1-4H3,(H,27,32)(H,28,33)/b25-21+,26-22+. The molecule has 6 nitrogen and oxygen atoms in total. The summed E-state index contributed by atoms with van der Waals surface area (Å²) in [6.45, 7) is 11.4. The second-order valence-corrected chi connectivity index (χ2v) is 8.30. The van der Waals surface area contributed by atoms with Crippen LogP contribution in [0.1, 0.15) is 38.8 Å². The maximum atomic E-state index is 5.55. The van der Waals surface area contributed by atoms with Crippen molar-refractivity contribution in [3.63, 3.8) is 0 Å². The van der Waals surface area contributed by atoms with E-state index in [2.05, 4.69) is 51.2 Å². The topological polar surface area (TPSA) is 55.3 Å². The van der Waals surface area contributed by atoms with Crippen molar-refractivity contribution in [2.75, 3.05) is 26.2 Å². The van der Waals surface area contributed by atoms with Gasteiger partial charge in [-0.15, -0.1) is 12.6 Å². The van der Waals surface area contributed by atoms with Gasteiger partial charge in [0.1, 0.15) is 11.4 Å². The van der Waals surface area contributed by atoms with Crippen LogP contribution in [0.15, 0.2) is 69.7 Å². The minimum absolute atomic E-state index is 0.558. The molecule has 0 atom stereocenters. The largest absolute Gasteiger partial charge is 0.348 e. The average molecular weight is 501 g/mol. The van der Waals surface area contributed by atoms with Crippen LogP contribution in [0.3, 0.4) is 0 Å². The first-order valence-corrected chi connectivity index (χ1v) is 12.3. The van der Waals surface area contributed by atoms with Crippen LogP contribution in [0.2, 0.25) is 0 Å². The Hall–Kier alpha value is -2.49. The number of rotatable bonds is 9. The van der Waals surface area contributed by atoms with Crippen molar-refractivity contribution in [3.05, 3.63) is 65.7 Å². The molecule has 2 aromatic carbocycles. The van der Waals surface area contributed by atoms with Crippen LogP contribution in [0, 0.1) is 0 Å². The Morgan fingerprint density at radius 2 is 1.09 bits per heavy atom. The molecule has 0 saturated heterocycles. The molecule has 33 heavy (non-hydrogen) atoms. The van der Waals surface area contributed by atoms with Crippen LogP contribution < -0.4 is 10.9 Å². The molecule has 2 aromatic rings. The zero-order chi connectivity index (χ0) is 24.2. The normalized spacial score (nSPS) is 11.7. The van der Waals surface area contributed by atoms with Gasteiger partial charge in [-0.25, -0.2) is 0 Å². The predicted octanol–water partition coefficient (Wildman–Crippen LogP) is 4.52. The van der Waals surface area contributed by atoms with Gasteiger partial charge >= 0.3 is 0 Å². The van der Waals surface area contributed by atoms with E-state index in [1.807, 2.05) is 64.4 Å². The highest BCUT2D eigenvalue weighted by molar-refractivity contribution is 7.80. The van der Waals surface area contributed by atoms with Gasteiger partial charge in [-0.2, -0.15) is 10.2 Å². The molecular formula is C24H32N6S3. The van der Waals surface area contributed by atoms with Crippen LogP contribution in [0.4, 0.5) is 0 Å². The molecule has 0 amide bonds. The van der Waals surface area contributed by atoms with E-state index in [4.69, 9.17) is 34.6 Å². The summed E-state index contributed by atoms with van der Waals surface area (Å²) in [7, 11) is 0. The first kappa shape index (κ1) is 26.8. The van der Waals surface area contributed by atoms with E-state index in [1.165, 1.54) is 0 Å². The van der Waals surface area contributed by atoms with Gasteiger partial charge in [-0.05, 0) is 64.3 Å². The number of benzene rings is 2. The summed E-state index contributed by atoms with van der Waals surface area (Å²) in [4.78, 5) is 4.92. The highest BCUT2D eigenvalue weighted by Gasteiger charge is 2.17. The SMILES string of the molecule is CCN(CC)C(=S)N/N=C(/C(=N/NC(=S)N(CC)CC)c1ccc(S)cc1)c1ccccc1. The van der Waals surface area contributed by atoms with Crippen LogP contribution in [-0.4, -0.2) is 57.6 Å². The molecule has 2 rings (SSSR count). The zero-order valence-corrected chi connectivity index (χ0v) is 22.1. The number of nitrogens with one attached hydrogen (secondary N) is 2. The zero-order valence-electron chi connectivity index (χ0n) is 19.6. The quantitative estimate of drug-likeness (QED) is 0.204. The number of thiocarbonyl (C=S) groups is 2. The summed E-state index contributed by atoms with van der Waals surface area (Å²) in [5.74, 6) is 0. The van der Waals surface area contributed by atoms with Crippen molar-refractivity contribution in [1.29, 1.82) is 0 Å². The first-order chi connectivity index (χ1) is 15.9. The van der Waals surface area contributed by atoms with Gasteiger partial charge in [-0.3, -0.25) is 10.9 Å². The molecule has 0 saturated carbocycles. The van der Waals surface area contributed by atoms with Crippen LogP contribution in [-0.2, 0) is 0 Å². The number of hydrazone groups is 2. The van der Waals surface area contributed by atoms with Crippen LogP contribution in [0.5, 0.6) is 0 Å². The number of thiol groups is 1. The number of hydrogen-bond donors (Lipinski definition) is 3. The van der Waals surface area contributed by atoms with Crippen molar-refractivity contribution in [1.82, 2.24) is 20.7 Å². The lowest BCUT2D eigenvalue weighted by Gasteiger charge is -2.22. The average Bonchev–Trinajstić information content (AvgIpc) is 2.84. The fourth-order valence-electron chi connectivity index (χ4n) is 3.09. The van der Waals surface area contributed by atoms with Gasteiger partial charge in [0.15, 0.2) is 10.2 Å². The number of hydrogen-bond acceptors (Lipinski definition) is 5. The third-order valence-corrected chi connectivity index (χ3v) is 6.04. The maximum absolute atomic E-state index is 5.55. The third-order valence-electron chi connectivity index (χ3n) is 5.04. The number of nitrogens with zero attached hydrogens (tertiary/aromatic N) is 4. The smallest absolute Gasteiger partial charge is 0.189 e. The molecule has 9 heteroatoms. The van der Waals surface area contributed by atoms with Crippen molar-refractivity contribution < 1.29 is 0 Å². The van der Waals surface area contributed by atoms with Crippen molar-refractivity contribution >= 4 is 58.7 Å². The summed E-state index contributed by atoms with van der Waals surface area (Å²) >= 11 is 15.5. The summed E-state index contributed by atoms with van der Waals surface area (Å²) < 4.78 is 0. The van der Waals surface area contributed by atoms with Crippen molar-refractivity contribution in [2.45, 2.75) is 32.6 Å². The molecule has 2 N–H and O–H groups in total. The van der Waals surface area contributed by atoms with E-state index in [-0.39, 0.29) is 0 Å². The first-order valence-electron chi connectivity index (χ1n) is 11.0. The Morgan fingerprint density at radius 3 is 1.48 bits per heavy atom. The minimum Gasteiger partial charge on any atom is -0.348 e. The summed E-state index contributed by atoms with van der Waals surface area (Å²) in [6, 6.07) is 17.7. The van der Waals surface area contributed by atoms with Gasteiger partial charge in [0.25, 0.3) is 0 Å². The summed E-state index contributed by atoms with van der Waals surface area (Å²) in [6.07, 6.45) is 0. The Bertz CT molecular complexity index is 965. The fraction of sp³-hybridized carbons (Fsp3) is 0.333. The van der Waals surface area contributed by atoms with E-state index >= 15 is 0 Å². The van der Waals surface area contributed by atoms with E-state index < -0.39 is 0 Å². The molecule has 0 aliphatic rings. The van der Waals surface area contributed by atoms with Gasteiger partial charge < -0.3 is 9.80 Å². The molecule has 0 fully saturated rings. The Kier molecular flexibility index (Phi) is 11.3. The maximum Gasteiger partial charge on any atom is 0.189 e. The lowest BCUT2D eigenvalue weighted by molar-refractivity contribution is 0.457. The van der Waals surface area contributed by atoms with Crippen LogP contribution in [0.25, 0.3) is 0 Å². The monoisotopic (exact) mass is 500 g/mol. The highest BCUT2D eigenvalue weighted by atomic mass is 32.1. The van der Waals surface area contributed by atoms with Crippen LogP contribution >= 0.6 is 37.1 Å². The lowest BCUT2D eigenvalue weighted by Crippen LogP contribution is -2.39. The van der Waals surface area contributed by atoms with Gasteiger partial charge in [-0.1, -0.05) is 42.5 Å². The Labute approximate surface area is 213 Å². The molecule has 0 unspecified atom stereocenters. The van der Waals surface area contributed by atoms with E-state index in [0.29, 0.717) is 21.6 Å².